The Morgan fingerprint density at radius 1 is 0.830 bits per heavy atom. The minimum atomic E-state index is -4.31. The molecule has 0 aromatic heterocycles. The van der Waals surface area contributed by atoms with Gasteiger partial charge in [-0.2, -0.15) is 0 Å². The van der Waals surface area contributed by atoms with E-state index in [1.165, 1.54) is 37.3 Å². The summed E-state index contributed by atoms with van der Waals surface area (Å²) in [5.74, 6) is -0.282. The minimum Gasteiger partial charge on any atom is -0.493 e. The molecular weight excluding hydrogens is 682 g/mol. The van der Waals surface area contributed by atoms with Crippen LogP contribution in [0.1, 0.15) is 30.5 Å². The number of carbonyl (C=O) groups excluding carboxylic acids is 2. The summed E-state index contributed by atoms with van der Waals surface area (Å²) >= 11 is 3.46. The van der Waals surface area contributed by atoms with Gasteiger partial charge in [-0.15, -0.1) is 0 Å². The van der Waals surface area contributed by atoms with Gasteiger partial charge < -0.3 is 19.7 Å². The van der Waals surface area contributed by atoms with Gasteiger partial charge in [0.15, 0.2) is 11.5 Å². The van der Waals surface area contributed by atoms with Gasteiger partial charge in [-0.25, -0.2) is 8.42 Å². The van der Waals surface area contributed by atoms with Crippen molar-refractivity contribution in [2.24, 2.45) is 0 Å². The van der Waals surface area contributed by atoms with Crippen molar-refractivity contribution in [1.82, 2.24) is 10.2 Å². The molecule has 4 aromatic rings. The normalized spacial score (nSPS) is 11.9. The third-order valence-corrected chi connectivity index (χ3v) is 9.81. The van der Waals surface area contributed by atoms with E-state index in [0.29, 0.717) is 11.4 Å². The number of sulfonamides is 1. The zero-order valence-corrected chi connectivity index (χ0v) is 29.5. The molecule has 0 aliphatic rings. The molecule has 248 valence electrons. The summed E-state index contributed by atoms with van der Waals surface area (Å²) in [6.45, 7) is 5.12. The Kier molecular flexibility index (Phi) is 12.1. The Bertz CT molecular complexity index is 1770. The van der Waals surface area contributed by atoms with Crippen LogP contribution in [0.25, 0.3) is 0 Å². The lowest BCUT2D eigenvalue weighted by Crippen LogP contribution is -2.54. The van der Waals surface area contributed by atoms with E-state index in [9.17, 15) is 18.0 Å². The van der Waals surface area contributed by atoms with E-state index in [2.05, 4.69) is 21.2 Å². The summed E-state index contributed by atoms with van der Waals surface area (Å²) in [4.78, 5) is 29.8. The predicted molar refractivity (Wildman–Crippen MR) is 187 cm³/mol. The van der Waals surface area contributed by atoms with Gasteiger partial charge in [-0.3, -0.25) is 13.9 Å². The van der Waals surface area contributed by atoms with E-state index in [1.54, 1.807) is 24.3 Å². The first kappa shape index (κ1) is 35.5. The molecule has 47 heavy (non-hydrogen) atoms. The van der Waals surface area contributed by atoms with E-state index >= 15 is 0 Å². The van der Waals surface area contributed by atoms with Crippen LogP contribution < -0.4 is 19.1 Å². The molecule has 4 aromatic carbocycles. The summed E-state index contributed by atoms with van der Waals surface area (Å²) in [6, 6.07) is 26.9. The number of anilines is 1. The fourth-order valence-corrected chi connectivity index (χ4v) is 6.76. The van der Waals surface area contributed by atoms with Crippen LogP contribution in [0, 0.1) is 6.92 Å². The number of benzene rings is 4. The van der Waals surface area contributed by atoms with Crippen molar-refractivity contribution in [3.8, 4) is 11.5 Å². The van der Waals surface area contributed by atoms with Gasteiger partial charge in [-0.05, 0) is 68.3 Å². The molecule has 2 amide bonds. The Hall–Kier alpha value is -4.35. The molecule has 0 bridgehead atoms. The van der Waals surface area contributed by atoms with Crippen molar-refractivity contribution in [3.63, 3.8) is 0 Å². The lowest BCUT2D eigenvalue weighted by atomic mass is 10.0. The number of nitrogens with zero attached hydrogens (tertiary/aromatic N) is 2. The number of nitrogens with one attached hydrogen (secondary N) is 1. The predicted octanol–water partition coefficient (Wildman–Crippen LogP) is 6.13. The Morgan fingerprint density at radius 2 is 1.47 bits per heavy atom. The average Bonchev–Trinajstić information content (AvgIpc) is 3.06. The molecule has 1 atom stereocenters. The second-order valence-corrected chi connectivity index (χ2v) is 14.2. The van der Waals surface area contributed by atoms with Crippen molar-refractivity contribution in [2.75, 3.05) is 25.1 Å². The molecule has 0 radical (unpaired) electrons. The van der Waals surface area contributed by atoms with E-state index in [1.807, 2.05) is 75.4 Å². The molecule has 0 unspecified atom stereocenters. The Balaban J connectivity index is 1.82. The standard InChI is InChI=1S/C36H40BrN3O6S/c1-25(2)38-36(42)32(21-27-9-7-6-8-10-27)39(23-28-13-15-29(37)16-14-28)35(41)24-40(30-17-11-26(3)12-18-30)47(43,44)31-19-20-33(45-4)34(22-31)46-5/h6-20,22,25,32H,21,23-24H2,1-5H3,(H,38,42)/t32-/m0/s1. The Morgan fingerprint density at radius 3 is 2.06 bits per heavy atom. The van der Waals surface area contributed by atoms with Gasteiger partial charge in [0.1, 0.15) is 12.6 Å². The minimum absolute atomic E-state index is 0.0767. The molecular formula is C36H40BrN3O6S. The van der Waals surface area contributed by atoms with Gasteiger partial charge in [0, 0.05) is 29.5 Å². The van der Waals surface area contributed by atoms with E-state index < -0.39 is 28.5 Å². The summed E-state index contributed by atoms with van der Waals surface area (Å²) in [5.41, 5.74) is 2.86. The van der Waals surface area contributed by atoms with Crippen LogP contribution >= 0.6 is 15.9 Å². The van der Waals surface area contributed by atoms with E-state index in [0.717, 1.165) is 25.5 Å². The number of hydrogen-bond donors (Lipinski definition) is 1. The molecule has 9 nitrogen and oxygen atoms in total. The number of rotatable bonds is 14. The zero-order chi connectivity index (χ0) is 34.1. The number of amides is 2. The van der Waals surface area contributed by atoms with Crippen molar-refractivity contribution in [3.05, 3.63) is 118 Å². The second-order valence-electron chi connectivity index (χ2n) is 11.4. The third-order valence-electron chi connectivity index (χ3n) is 7.51. The van der Waals surface area contributed by atoms with Crippen LogP contribution in [0.5, 0.6) is 11.5 Å². The lowest BCUT2D eigenvalue weighted by molar-refractivity contribution is -0.140. The maximum absolute atomic E-state index is 14.6. The summed E-state index contributed by atoms with van der Waals surface area (Å²) in [5, 5.41) is 2.97. The monoisotopic (exact) mass is 721 g/mol. The average molecular weight is 723 g/mol. The van der Waals surface area contributed by atoms with Crippen LogP contribution in [0.2, 0.25) is 0 Å². The summed E-state index contributed by atoms with van der Waals surface area (Å²) < 4.78 is 41.3. The van der Waals surface area contributed by atoms with Crippen LogP contribution in [0.15, 0.2) is 106 Å². The highest BCUT2D eigenvalue weighted by molar-refractivity contribution is 9.10. The van der Waals surface area contributed by atoms with Gasteiger partial charge >= 0.3 is 0 Å². The smallest absolute Gasteiger partial charge is 0.264 e. The highest BCUT2D eigenvalue weighted by atomic mass is 79.9. The fourth-order valence-electron chi connectivity index (χ4n) is 5.07. The first-order valence-electron chi connectivity index (χ1n) is 15.1. The molecule has 0 spiro atoms. The van der Waals surface area contributed by atoms with Crippen LogP contribution in [-0.4, -0.2) is 58.0 Å². The molecule has 0 aliphatic carbocycles. The maximum Gasteiger partial charge on any atom is 0.264 e. The highest BCUT2D eigenvalue weighted by Crippen LogP contribution is 2.32. The van der Waals surface area contributed by atoms with Gasteiger partial charge in [0.2, 0.25) is 11.8 Å². The maximum atomic E-state index is 14.6. The van der Waals surface area contributed by atoms with Crippen LogP contribution in [0.4, 0.5) is 5.69 Å². The second kappa shape index (κ2) is 16.0. The fraction of sp³-hybridized carbons (Fsp3) is 0.278. The lowest BCUT2D eigenvalue weighted by Gasteiger charge is -2.34. The van der Waals surface area contributed by atoms with Gasteiger partial charge in [0.05, 0.1) is 24.8 Å². The van der Waals surface area contributed by atoms with Gasteiger partial charge in [0.25, 0.3) is 10.0 Å². The molecule has 11 heteroatoms. The van der Waals surface area contributed by atoms with Crippen molar-refractivity contribution < 1.29 is 27.5 Å². The number of carbonyl (C=O) groups is 2. The Labute approximate surface area is 285 Å². The number of methoxy groups -OCH3 is 2. The summed E-state index contributed by atoms with van der Waals surface area (Å²) in [6.07, 6.45) is 0.231. The molecule has 0 saturated heterocycles. The zero-order valence-electron chi connectivity index (χ0n) is 27.1. The molecule has 0 heterocycles. The molecule has 0 aliphatic heterocycles. The number of aryl methyl sites for hydroxylation is 1. The largest absolute Gasteiger partial charge is 0.493 e. The first-order valence-corrected chi connectivity index (χ1v) is 17.4. The third kappa shape index (κ3) is 9.14. The molecule has 1 N–H and O–H groups in total. The first-order chi connectivity index (χ1) is 22.4. The SMILES string of the molecule is COc1ccc(S(=O)(=O)N(CC(=O)N(Cc2ccc(Br)cc2)[C@@H](Cc2ccccc2)C(=O)NC(C)C)c2ccc(C)cc2)cc1OC. The number of hydrogen-bond acceptors (Lipinski definition) is 6. The highest BCUT2D eigenvalue weighted by Gasteiger charge is 2.35. The molecule has 0 saturated carbocycles. The van der Waals surface area contributed by atoms with Crippen molar-refractivity contribution in [1.29, 1.82) is 0 Å². The van der Waals surface area contributed by atoms with E-state index in [4.69, 9.17) is 9.47 Å². The van der Waals surface area contributed by atoms with E-state index in [-0.39, 0.29) is 35.6 Å². The topological polar surface area (TPSA) is 105 Å². The van der Waals surface area contributed by atoms with Crippen molar-refractivity contribution in [2.45, 2.75) is 50.7 Å². The van der Waals surface area contributed by atoms with Crippen LogP contribution in [-0.2, 0) is 32.6 Å². The summed E-state index contributed by atoms with van der Waals surface area (Å²) in [7, 11) is -1.43. The van der Waals surface area contributed by atoms with Gasteiger partial charge in [-0.1, -0.05) is 76.1 Å². The quantitative estimate of drug-likeness (QED) is 0.168. The number of ether oxygens (including phenoxy) is 2. The molecule has 4 rings (SSSR count). The van der Waals surface area contributed by atoms with Crippen LogP contribution in [0.3, 0.4) is 0 Å². The number of halogens is 1. The van der Waals surface area contributed by atoms with Crippen molar-refractivity contribution >= 4 is 43.5 Å². The molecule has 0 fully saturated rings.